The van der Waals surface area contributed by atoms with Gasteiger partial charge in [-0.1, -0.05) is 6.92 Å². The Bertz CT molecular complexity index is 183. The number of epoxide rings is 1. The summed E-state index contributed by atoms with van der Waals surface area (Å²) >= 11 is 0. The lowest BCUT2D eigenvalue weighted by molar-refractivity contribution is 0.110. The van der Waals surface area contributed by atoms with Crippen LogP contribution in [0.4, 0.5) is 0 Å². The molecular weight excluding hydrogens is 156 g/mol. The maximum absolute atomic E-state index is 9.08. The number of hydrogen-bond acceptors (Lipinski definition) is 3. The quantitative estimate of drug-likeness (QED) is 0.583. The average molecular weight is 172 g/mol. The van der Waals surface area contributed by atoms with Crippen LogP contribution < -0.4 is 0 Å². The van der Waals surface area contributed by atoms with E-state index in [4.69, 9.17) is 14.9 Å². The predicted octanol–water partition coefficient (Wildman–Crippen LogP) is 0.155. The summed E-state index contributed by atoms with van der Waals surface area (Å²) in [6.45, 7) is 2.51. The molecule has 2 aliphatic rings. The summed E-state index contributed by atoms with van der Waals surface area (Å²) in [6.07, 6.45) is 2.04. The molecule has 1 saturated carbocycles. The lowest BCUT2D eigenvalue weighted by Gasteiger charge is -2.28. The van der Waals surface area contributed by atoms with Crippen molar-refractivity contribution in [2.24, 2.45) is 11.8 Å². The number of rotatable bonds is 2. The van der Waals surface area contributed by atoms with E-state index in [-0.39, 0.29) is 24.9 Å². The van der Waals surface area contributed by atoms with Crippen LogP contribution >= 0.6 is 0 Å². The van der Waals surface area contributed by atoms with Crippen molar-refractivity contribution in [1.82, 2.24) is 0 Å². The van der Waals surface area contributed by atoms with E-state index in [1.165, 1.54) is 0 Å². The number of ether oxygens (including phenoxy) is 1. The van der Waals surface area contributed by atoms with Gasteiger partial charge in [-0.15, -0.1) is 0 Å². The smallest absolute Gasteiger partial charge is 0.118 e. The Morgan fingerprint density at radius 1 is 1.50 bits per heavy atom. The summed E-state index contributed by atoms with van der Waals surface area (Å²) in [5, 5.41) is 18.1. The second-order valence-corrected chi connectivity index (χ2v) is 4.19. The Balaban J connectivity index is 2.00. The van der Waals surface area contributed by atoms with E-state index in [0.29, 0.717) is 11.8 Å². The molecule has 1 aliphatic carbocycles. The van der Waals surface area contributed by atoms with Gasteiger partial charge in [0.1, 0.15) is 5.60 Å². The number of fused-ring (bicyclic) bond motifs is 1. The molecular formula is C9H16O3. The molecule has 0 unspecified atom stereocenters. The molecule has 12 heavy (non-hydrogen) atoms. The molecule has 2 rings (SSSR count). The van der Waals surface area contributed by atoms with Crippen molar-refractivity contribution in [2.45, 2.75) is 31.5 Å². The Morgan fingerprint density at radius 3 is 2.83 bits per heavy atom. The third-order valence-electron chi connectivity index (χ3n) is 3.40. The Morgan fingerprint density at radius 2 is 2.25 bits per heavy atom. The molecule has 1 aliphatic heterocycles. The summed E-state index contributed by atoms with van der Waals surface area (Å²) in [5.41, 5.74) is -0.217. The SMILES string of the molecule is C[C@H]1C[C@]2(CO)O[C@@H]2C[C@@H]1CO. The molecule has 2 N–H and O–H groups in total. The van der Waals surface area contributed by atoms with Crippen LogP contribution in [0.3, 0.4) is 0 Å². The summed E-state index contributed by atoms with van der Waals surface area (Å²) in [7, 11) is 0. The average Bonchev–Trinajstić information content (AvgIpc) is 2.77. The van der Waals surface area contributed by atoms with E-state index in [1.54, 1.807) is 0 Å². The van der Waals surface area contributed by atoms with Gasteiger partial charge in [-0.05, 0) is 24.7 Å². The second-order valence-electron chi connectivity index (χ2n) is 4.19. The molecule has 0 radical (unpaired) electrons. The maximum Gasteiger partial charge on any atom is 0.118 e. The first kappa shape index (κ1) is 8.48. The van der Waals surface area contributed by atoms with Gasteiger partial charge in [0, 0.05) is 6.61 Å². The fourth-order valence-corrected chi connectivity index (χ4v) is 2.37. The van der Waals surface area contributed by atoms with E-state index < -0.39 is 0 Å². The topological polar surface area (TPSA) is 53.0 Å². The molecule has 0 bridgehead atoms. The van der Waals surface area contributed by atoms with Crippen molar-refractivity contribution in [3.8, 4) is 0 Å². The Hall–Kier alpha value is -0.120. The van der Waals surface area contributed by atoms with Crippen LogP contribution in [0.15, 0.2) is 0 Å². The fourth-order valence-electron chi connectivity index (χ4n) is 2.37. The predicted molar refractivity (Wildman–Crippen MR) is 43.7 cm³/mol. The van der Waals surface area contributed by atoms with Gasteiger partial charge in [-0.2, -0.15) is 0 Å². The van der Waals surface area contributed by atoms with E-state index in [2.05, 4.69) is 6.92 Å². The molecule has 0 aromatic heterocycles. The molecule has 4 atom stereocenters. The molecule has 0 amide bonds. The summed E-state index contributed by atoms with van der Waals surface area (Å²) in [4.78, 5) is 0. The summed E-state index contributed by atoms with van der Waals surface area (Å²) < 4.78 is 5.46. The lowest BCUT2D eigenvalue weighted by Crippen LogP contribution is -2.34. The zero-order valence-corrected chi connectivity index (χ0v) is 7.36. The van der Waals surface area contributed by atoms with Crippen LogP contribution in [0.5, 0.6) is 0 Å². The van der Waals surface area contributed by atoms with Crippen molar-refractivity contribution in [2.75, 3.05) is 13.2 Å². The van der Waals surface area contributed by atoms with Gasteiger partial charge in [0.2, 0.25) is 0 Å². The van der Waals surface area contributed by atoms with Gasteiger partial charge >= 0.3 is 0 Å². The Kier molecular flexibility index (Phi) is 1.90. The van der Waals surface area contributed by atoms with Gasteiger partial charge in [-0.3, -0.25) is 0 Å². The van der Waals surface area contributed by atoms with Gasteiger partial charge in [0.25, 0.3) is 0 Å². The van der Waals surface area contributed by atoms with Crippen molar-refractivity contribution in [3.63, 3.8) is 0 Å². The first-order valence-corrected chi connectivity index (χ1v) is 4.61. The second kappa shape index (κ2) is 2.69. The van der Waals surface area contributed by atoms with Crippen LogP contribution in [0.25, 0.3) is 0 Å². The maximum atomic E-state index is 9.08. The van der Waals surface area contributed by atoms with Crippen molar-refractivity contribution >= 4 is 0 Å². The third-order valence-corrected chi connectivity index (χ3v) is 3.40. The largest absolute Gasteiger partial charge is 0.396 e. The minimum absolute atomic E-state index is 0.139. The summed E-state index contributed by atoms with van der Waals surface area (Å²) in [5.74, 6) is 0.845. The minimum Gasteiger partial charge on any atom is -0.396 e. The number of hydrogen-bond donors (Lipinski definition) is 2. The van der Waals surface area contributed by atoms with Crippen LogP contribution in [0.2, 0.25) is 0 Å². The highest BCUT2D eigenvalue weighted by Crippen LogP contribution is 2.51. The van der Waals surface area contributed by atoms with Crippen molar-refractivity contribution in [3.05, 3.63) is 0 Å². The normalized spacial score (nSPS) is 51.8. The zero-order chi connectivity index (χ0) is 8.77. The van der Waals surface area contributed by atoms with Crippen molar-refractivity contribution in [1.29, 1.82) is 0 Å². The molecule has 0 aromatic rings. The van der Waals surface area contributed by atoms with E-state index >= 15 is 0 Å². The lowest BCUT2D eigenvalue weighted by atomic mass is 9.75. The molecule has 0 aromatic carbocycles. The molecule has 1 saturated heterocycles. The number of aliphatic hydroxyl groups excluding tert-OH is 2. The molecule has 3 heteroatoms. The van der Waals surface area contributed by atoms with E-state index in [9.17, 15) is 0 Å². The van der Waals surface area contributed by atoms with E-state index in [0.717, 1.165) is 12.8 Å². The van der Waals surface area contributed by atoms with Gasteiger partial charge in [-0.25, -0.2) is 0 Å². The number of aliphatic hydroxyl groups is 2. The molecule has 1 heterocycles. The van der Waals surface area contributed by atoms with Crippen LogP contribution in [0, 0.1) is 11.8 Å². The van der Waals surface area contributed by atoms with Crippen LogP contribution in [0.1, 0.15) is 19.8 Å². The Labute approximate surface area is 72.3 Å². The third kappa shape index (κ3) is 1.08. The summed E-state index contributed by atoms with van der Waals surface area (Å²) in [6, 6.07) is 0. The van der Waals surface area contributed by atoms with Gasteiger partial charge < -0.3 is 14.9 Å². The molecule has 0 spiro atoms. The molecule has 70 valence electrons. The monoisotopic (exact) mass is 172 g/mol. The highest BCUT2D eigenvalue weighted by atomic mass is 16.6. The van der Waals surface area contributed by atoms with Gasteiger partial charge in [0.15, 0.2) is 0 Å². The standard InChI is InChI=1S/C9H16O3/c1-6-3-9(5-11)8(12-9)2-7(6)4-10/h6-8,10-11H,2-5H2,1H3/t6-,7+,8+,9+/m0/s1. The van der Waals surface area contributed by atoms with Crippen molar-refractivity contribution < 1.29 is 14.9 Å². The fraction of sp³-hybridized carbons (Fsp3) is 1.00. The first-order valence-electron chi connectivity index (χ1n) is 4.61. The van der Waals surface area contributed by atoms with Crippen LogP contribution in [-0.2, 0) is 4.74 Å². The molecule has 2 fully saturated rings. The zero-order valence-electron chi connectivity index (χ0n) is 7.36. The van der Waals surface area contributed by atoms with Crippen LogP contribution in [-0.4, -0.2) is 35.1 Å². The highest BCUT2D eigenvalue weighted by Gasteiger charge is 2.60. The minimum atomic E-state index is -0.217. The van der Waals surface area contributed by atoms with Gasteiger partial charge in [0.05, 0.1) is 12.7 Å². The highest BCUT2D eigenvalue weighted by molar-refractivity contribution is 5.08. The molecule has 3 nitrogen and oxygen atoms in total. The first-order chi connectivity index (χ1) is 5.72. The van der Waals surface area contributed by atoms with E-state index in [1.807, 2.05) is 0 Å².